The second-order valence-electron chi connectivity index (χ2n) is 5.59. The van der Waals surface area contributed by atoms with Gasteiger partial charge in [0.25, 0.3) is 0 Å². The molecule has 2 rings (SSSR count). The van der Waals surface area contributed by atoms with Gasteiger partial charge in [0.05, 0.1) is 12.6 Å². The molecule has 0 bridgehead atoms. The Bertz CT molecular complexity index is 564. The fraction of sp³-hybridized carbons (Fsp3) is 0.529. The van der Waals surface area contributed by atoms with E-state index in [0.717, 1.165) is 12.8 Å². The van der Waals surface area contributed by atoms with Crippen LogP contribution in [0.15, 0.2) is 24.3 Å². The van der Waals surface area contributed by atoms with Gasteiger partial charge in [-0.25, -0.2) is 4.79 Å². The summed E-state index contributed by atoms with van der Waals surface area (Å²) in [4.78, 5) is 23.6. The molecule has 0 aliphatic carbocycles. The van der Waals surface area contributed by atoms with Gasteiger partial charge in [0, 0.05) is 25.0 Å². The molecule has 8 heteroatoms. The van der Waals surface area contributed by atoms with Crippen molar-refractivity contribution in [2.45, 2.75) is 25.8 Å². The van der Waals surface area contributed by atoms with E-state index in [1.807, 2.05) is 0 Å². The van der Waals surface area contributed by atoms with Gasteiger partial charge in [0.1, 0.15) is 5.75 Å². The number of hydrogen-bond acceptors (Lipinski definition) is 6. The third-order valence-corrected chi connectivity index (χ3v) is 3.84. The van der Waals surface area contributed by atoms with Crippen molar-refractivity contribution in [3.05, 3.63) is 24.3 Å². The third-order valence-electron chi connectivity index (χ3n) is 3.84. The van der Waals surface area contributed by atoms with Gasteiger partial charge in [-0.1, -0.05) is 6.07 Å². The Kier molecular flexibility index (Phi) is 9.26. The van der Waals surface area contributed by atoms with E-state index < -0.39 is 12.0 Å². The lowest BCUT2D eigenvalue weighted by molar-refractivity contribution is -0.145. The van der Waals surface area contributed by atoms with Gasteiger partial charge in [-0.3, -0.25) is 4.79 Å². The van der Waals surface area contributed by atoms with E-state index in [2.05, 4.69) is 5.32 Å². The standard InChI is InChI=1S/C17H24N2O5.ClH/c1-2-23-15(20)11-24-14-5-3-4-13(10-14)19-17(21)16(18)12-6-8-22-9-7-12;/h3-5,10,12,16H,2,6-9,11,18H2,1H3,(H,19,21);1H. The molecule has 1 atom stereocenters. The minimum atomic E-state index is -0.571. The van der Waals surface area contributed by atoms with Crippen LogP contribution in [0.25, 0.3) is 0 Å². The number of halogens is 1. The lowest BCUT2D eigenvalue weighted by Gasteiger charge is -2.26. The van der Waals surface area contributed by atoms with Crippen LogP contribution in [0.2, 0.25) is 0 Å². The Morgan fingerprint density at radius 2 is 2.08 bits per heavy atom. The Balaban J connectivity index is 0.00000312. The second-order valence-corrected chi connectivity index (χ2v) is 5.59. The number of carbonyl (C=O) groups is 2. The molecule has 1 aliphatic rings. The Morgan fingerprint density at radius 1 is 1.36 bits per heavy atom. The van der Waals surface area contributed by atoms with Crippen molar-refractivity contribution in [2.24, 2.45) is 11.7 Å². The van der Waals surface area contributed by atoms with E-state index in [9.17, 15) is 9.59 Å². The van der Waals surface area contributed by atoms with Crippen molar-refractivity contribution in [1.29, 1.82) is 0 Å². The van der Waals surface area contributed by atoms with E-state index in [0.29, 0.717) is 31.3 Å². The summed E-state index contributed by atoms with van der Waals surface area (Å²) in [7, 11) is 0. The number of nitrogens with two attached hydrogens (primary N) is 1. The molecule has 7 nitrogen and oxygen atoms in total. The molecule has 3 N–H and O–H groups in total. The molecule has 1 saturated heterocycles. The summed E-state index contributed by atoms with van der Waals surface area (Å²) in [5.74, 6) is -0.0691. The quantitative estimate of drug-likeness (QED) is 0.707. The van der Waals surface area contributed by atoms with E-state index in [4.69, 9.17) is 19.9 Å². The highest BCUT2D eigenvalue weighted by Gasteiger charge is 2.26. The number of amides is 1. The maximum Gasteiger partial charge on any atom is 0.344 e. The van der Waals surface area contributed by atoms with Crippen molar-refractivity contribution in [3.63, 3.8) is 0 Å². The lowest BCUT2D eigenvalue weighted by Crippen LogP contribution is -2.44. The summed E-state index contributed by atoms with van der Waals surface area (Å²) < 4.78 is 15.4. The van der Waals surface area contributed by atoms with Gasteiger partial charge in [-0.15, -0.1) is 12.4 Å². The fourth-order valence-corrected chi connectivity index (χ4v) is 2.52. The van der Waals surface area contributed by atoms with Crippen LogP contribution in [-0.4, -0.2) is 44.3 Å². The predicted molar refractivity (Wildman–Crippen MR) is 96.0 cm³/mol. The molecule has 1 unspecified atom stereocenters. The summed E-state index contributed by atoms with van der Waals surface area (Å²) >= 11 is 0. The molecular weight excluding hydrogens is 348 g/mol. The number of nitrogens with one attached hydrogen (secondary N) is 1. The Hall–Kier alpha value is -1.83. The third kappa shape index (κ3) is 6.89. The normalized spacial score (nSPS) is 15.6. The molecule has 1 aliphatic heterocycles. The number of carbonyl (C=O) groups excluding carboxylic acids is 2. The summed E-state index contributed by atoms with van der Waals surface area (Å²) in [6.07, 6.45) is 1.58. The van der Waals surface area contributed by atoms with Crippen LogP contribution in [0.5, 0.6) is 5.75 Å². The van der Waals surface area contributed by atoms with Crippen molar-refractivity contribution in [3.8, 4) is 5.75 Å². The molecule has 1 fully saturated rings. The van der Waals surface area contributed by atoms with Crippen LogP contribution < -0.4 is 15.8 Å². The molecule has 0 spiro atoms. The molecule has 140 valence electrons. The van der Waals surface area contributed by atoms with Crippen LogP contribution in [0.4, 0.5) is 5.69 Å². The van der Waals surface area contributed by atoms with Crippen molar-refractivity contribution < 1.29 is 23.8 Å². The monoisotopic (exact) mass is 372 g/mol. The minimum Gasteiger partial charge on any atom is -0.482 e. The zero-order chi connectivity index (χ0) is 17.4. The first-order valence-electron chi connectivity index (χ1n) is 8.13. The number of anilines is 1. The van der Waals surface area contributed by atoms with Gasteiger partial charge < -0.3 is 25.3 Å². The smallest absolute Gasteiger partial charge is 0.344 e. The number of esters is 1. The van der Waals surface area contributed by atoms with Crippen molar-refractivity contribution in [1.82, 2.24) is 0 Å². The number of hydrogen-bond donors (Lipinski definition) is 2. The first-order chi connectivity index (χ1) is 11.6. The van der Waals surface area contributed by atoms with Crippen molar-refractivity contribution >= 4 is 30.0 Å². The van der Waals surface area contributed by atoms with E-state index in [-0.39, 0.29) is 30.8 Å². The zero-order valence-corrected chi connectivity index (χ0v) is 15.1. The molecule has 1 amide bonds. The van der Waals surface area contributed by atoms with Crippen LogP contribution in [0.1, 0.15) is 19.8 Å². The molecule has 1 aromatic rings. The van der Waals surface area contributed by atoms with Crippen LogP contribution in [0, 0.1) is 5.92 Å². The topological polar surface area (TPSA) is 99.9 Å². The zero-order valence-electron chi connectivity index (χ0n) is 14.2. The highest BCUT2D eigenvalue weighted by Crippen LogP contribution is 2.21. The van der Waals surface area contributed by atoms with E-state index >= 15 is 0 Å². The maximum absolute atomic E-state index is 12.3. The number of ether oxygens (including phenoxy) is 3. The largest absolute Gasteiger partial charge is 0.482 e. The molecule has 0 radical (unpaired) electrons. The Labute approximate surface area is 153 Å². The van der Waals surface area contributed by atoms with Crippen molar-refractivity contribution in [2.75, 3.05) is 31.7 Å². The molecule has 1 heterocycles. The highest BCUT2D eigenvalue weighted by atomic mass is 35.5. The van der Waals surface area contributed by atoms with E-state index in [1.54, 1.807) is 31.2 Å². The van der Waals surface area contributed by atoms with Crippen LogP contribution in [-0.2, 0) is 19.1 Å². The van der Waals surface area contributed by atoms with Gasteiger partial charge in [-0.05, 0) is 37.8 Å². The Morgan fingerprint density at radius 3 is 2.76 bits per heavy atom. The highest BCUT2D eigenvalue weighted by molar-refractivity contribution is 5.95. The molecule has 0 saturated carbocycles. The van der Waals surface area contributed by atoms with Gasteiger partial charge >= 0.3 is 5.97 Å². The second kappa shape index (κ2) is 10.9. The van der Waals surface area contributed by atoms with Crippen LogP contribution >= 0.6 is 12.4 Å². The first kappa shape index (κ1) is 21.2. The lowest BCUT2D eigenvalue weighted by atomic mass is 9.92. The summed E-state index contributed by atoms with van der Waals surface area (Å²) in [6, 6.07) is 6.25. The summed E-state index contributed by atoms with van der Waals surface area (Å²) in [5, 5.41) is 2.79. The molecule has 25 heavy (non-hydrogen) atoms. The van der Waals surface area contributed by atoms with E-state index in [1.165, 1.54) is 0 Å². The number of benzene rings is 1. The minimum absolute atomic E-state index is 0. The predicted octanol–water partition coefficient (Wildman–Crippen LogP) is 1.74. The van der Waals surface area contributed by atoms with Gasteiger partial charge in [0.2, 0.25) is 5.91 Å². The first-order valence-corrected chi connectivity index (χ1v) is 8.13. The van der Waals surface area contributed by atoms with Crippen LogP contribution in [0.3, 0.4) is 0 Å². The number of rotatable bonds is 7. The average Bonchev–Trinajstić information content (AvgIpc) is 2.60. The molecule has 1 aromatic carbocycles. The summed E-state index contributed by atoms with van der Waals surface area (Å²) in [5.41, 5.74) is 6.62. The molecule has 0 aromatic heterocycles. The molecular formula is C17H25ClN2O5. The van der Waals surface area contributed by atoms with Gasteiger partial charge in [-0.2, -0.15) is 0 Å². The van der Waals surface area contributed by atoms with Gasteiger partial charge in [0.15, 0.2) is 6.61 Å². The fourth-order valence-electron chi connectivity index (χ4n) is 2.52. The SMILES string of the molecule is CCOC(=O)COc1cccc(NC(=O)C(N)C2CCOCC2)c1.Cl. The summed E-state index contributed by atoms with van der Waals surface area (Å²) in [6.45, 7) is 3.15. The maximum atomic E-state index is 12.3. The average molecular weight is 373 g/mol.